The van der Waals surface area contributed by atoms with Crippen LogP contribution in [0.3, 0.4) is 0 Å². The minimum atomic E-state index is -0.0610. The first-order valence-corrected chi connectivity index (χ1v) is 9.24. The minimum absolute atomic E-state index is 0.0610. The summed E-state index contributed by atoms with van der Waals surface area (Å²) < 4.78 is 5.75. The van der Waals surface area contributed by atoms with Gasteiger partial charge in [0.15, 0.2) is 0 Å². The minimum Gasteiger partial charge on any atom is -0.492 e. The topological polar surface area (TPSA) is 41.6 Å². The zero-order chi connectivity index (χ0) is 18.7. The van der Waals surface area contributed by atoms with Crippen LogP contribution in [0.5, 0.6) is 5.75 Å². The van der Waals surface area contributed by atoms with Gasteiger partial charge in [-0.25, -0.2) is 4.79 Å². The highest BCUT2D eigenvalue weighted by atomic mass is 16.5. The lowest BCUT2D eigenvalue weighted by Gasteiger charge is -2.23. The summed E-state index contributed by atoms with van der Waals surface area (Å²) in [6, 6.07) is 16.4. The molecule has 2 amide bonds. The fourth-order valence-electron chi connectivity index (χ4n) is 3.34. The summed E-state index contributed by atoms with van der Waals surface area (Å²) >= 11 is 0. The second-order valence-electron chi connectivity index (χ2n) is 7.91. The van der Waals surface area contributed by atoms with E-state index in [1.807, 2.05) is 35.2 Å². The third kappa shape index (κ3) is 4.01. The Morgan fingerprint density at radius 2 is 1.85 bits per heavy atom. The standard InChI is InChI=1S/C22H28N2O2/c1-16-15-17-7-5-6-8-20(17)24(16)21(25)23-13-14-26-19-11-9-18(10-12-19)22(2,3)4/h5-12,16H,13-15H2,1-4H3,(H,23,25). The van der Waals surface area contributed by atoms with E-state index in [2.05, 4.69) is 51.2 Å². The molecule has 138 valence electrons. The quantitative estimate of drug-likeness (QED) is 0.822. The van der Waals surface area contributed by atoms with Crippen LogP contribution in [-0.2, 0) is 11.8 Å². The number of fused-ring (bicyclic) bond motifs is 1. The summed E-state index contributed by atoms with van der Waals surface area (Å²) in [7, 11) is 0. The molecule has 1 heterocycles. The smallest absolute Gasteiger partial charge is 0.322 e. The Labute approximate surface area is 156 Å². The Morgan fingerprint density at radius 3 is 2.54 bits per heavy atom. The predicted molar refractivity (Wildman–Crippen MR) is 106 cm³/mol. The van der Waals surface area contributed by atoms with E-state index in [-0.39, 0.29) is 17.5 Å². The van der Waals surface area contributed by atoms with Crippen LogP contribution in [0, 0.1) is 0 Å². The van der Waals surface area contributed by atoms with E-state index in [9.17, 15) is 4.79 Å². The van der Waals surface area contributed by atoms with Crippen LogP contribution in [0.2, 0.25) is 0 Å². The van der Waals surface area contributed by atoms with Gasteiger partial charge in [0.2, 0.25) is 0 Å². The van der Waals surface area contributed by atoms with Gasteiger partial charge in [-0.3, -0.25) is 4.90 Å². The monoisotopic (exact) mass is 352 g/mol. The molecule has 1 aliphatic heterocycles. The number of hydrogen-bond acceptors (Lipinski definition) is 2. The lowest BCUT2D eigenvalue weighted by molar-refractivity contribution is 0.240. The van der Waals surface area contributed by atoms with Crippen molar-refractivity contribution in [3.8, 4) is 5.75 Å². The van der Waals surface area contributed by atoms with Crippen LogP contribution < -0.4 is 15.0 Å². The number of benzene rings is 2. The average Bonchev–Trinajstić information content (AvgIpc) is 2.94. The Morgan fingerprint density at radius 1 is 1.15 bits per heavy atom. The summed E-state index contributed by atoms with van der Waals surface area (Å²) in [5.41, 5.74) is 3.65. The molecule has 0 fully saturated rings. The molecule has 0 spiro atoms. The fourth-order valence-corrected chi connectivity index (χ4v) is 3.34. The van der Waals surface area contributed by atoms with Crippen molar-refractivity contribution in [2.75, 3.05) is 18.1 Å². The van der Waals surface area contributed by atoms with E-state index < -0.39 is 0 Å². The molecule has 0 saturated heterocycles. The van der Waals surface area contributed by atoms with Gasteiger partial charge in [0.1, 0.15) is 12.4 Å². The van der Waals surface area contributed by atoms with Crippen molar-refractivity contribution in [2.45, 2.75) is 45.6 Å². The van der Waals surface area contributed by atoms with E-state index in [0.29, 0.717) is 13.2 Å². The SMILES string of the molecule is CC1Cc2ccccc2N1C(=O)NCCOc1ccc(C(C)(C)C)cc1. The highest BCUT2D eigenvalue weighted by Crippen LogP contribution is 2.31. The molecule has 2 aromatic rings. The van der Waals surface area contributed by atoms with Crippen molar-refractivity contribution in [1.82, 2.24) is 5.32 Å². The number of urea groups is 1. The maximum Gasteiger partial charge on any atom is 0.322 e. The molecule has 4 heteroatoms. The van der Waals surface area contributed by atoms with E-state index >= 15 is 0 Å². The van der Waals surface area contributed by atoms with Crippen molar-refractivity contribution in [3.05, 3.63) is 59.7 Å². The van der Waals surface area contributed by atoms with Crippen molar-refractivity contribution in [3.63, 3.8) is 0 Å². The van der Waals surface area contributed by atoms with Crippen LogP contribution in [0.15, 0.2) is 48.5 Å². The van der Waals surface area contributed by atoms with Crippen molar-refractivity contribution in [1.29, 1.82) is 0 Å². The van der Waals surface area contributed by atoms with Gasteiger partial charge in [0, 0.05) is 11.7 Å². The van der Waals surface area contributed by atoms with E-state index in [4.69, 9.17) is 4.74 Å². The molecule has 26 heavy (non-hydrogen) atoms. The van der Waals surface area contributed by atoms with Crippen LogP contribution >= 0.6 is 0 Å². The van der Waals surface area contributed by atoms with Crippen LogP contribution in [0.1, 0.15) is 38.8 Å². The van der Waals surface area contributed by atoms with Gasteiger partial charge in [-0.05, 0) is 48.1 Å². The summed E-state index contributed by atoms with van der Waals surface area (Å²) in [5, 5.41) is 2.96. The highest BCUT2D eigenvalue weighted by Gasteiger charge is 2.30. The van der Waals surface area contributed by atoms with Crippen molar-refractivity contribution >= 4 is 11.7 Å². The van der Waals surface area contributed by atoms with Crippen LogP contribution in [0.25, 0.3) is 0 Å². The third-order valence-electron chi connectivity index (χ3n) is 4.79. The van der Waals surface area contributed by atoms with Gasteiger partial charge >= 0.3 is 6.03 Å². The second-order valence-corrected chi connectivity index (χ2v) is 7.91. The Hall–Kier alpha value is -2.49. The number of amides is 2. The largest absolute Gasteiger partial charge is 0.492 e. The molecule has 4 nitrogen and oxygen atoms in total. The van der Waals surface area contributed by atoms with Crippen LogP contribution in [0.4, 0.5) is 10.5 Å². The van der Waals surface area contributed by atoms with E-state index in [0.717, 1.165) is 17.9 Å². The number of carbonyl (C=O) groups excluding carboxylic acids is 1. The lowest BCUT2D eigenvalue weighted by Crippen LogP contribution is -2.44. The lowest BCUT2D eigenvalue weighted by atomic mass is 9.87. The van der Waals surface area contributed by atoms with Gasteiger partial charge in [0.25, 0.3) is 0 Å². The number of hydrogen-bond donors (Lipinski definition) is 1. The van der Waals surface area contributed by atoms with Gasteiger partial charge < -0.3 is 10.1 Å². The molecule has 2 aromatic carbocycles. The number of nitrogens with one attached hydrogen (secondary N) is 1. The Kier molecular flexibility index (Phi) is 5.21. The maximum absolute atomic E-state index is 12.5. The molecule has 3 rings (SSSR count). The number of anilines is 1. The molecular weight excluding hydrogens is 324 g/mol. The van der Waals surface area contributed by atoms with E-state index in [1.165, 1.54) is 11.1 Å². The molecule has 0 saturated carbocycles. The molecule has 0 radical (unpaired) electrons. The molecule has 1 unspecified atom stereocenters. The molecule has 1 aliphatic rings. The summed E-state index contributed by atoms with van der Waals surface area (Å²) in [6.07, 6.45) is 0.903. The summed E-state index contributed by atoms with van der Waals surface area (Å²) in [4.78, 5) is 14.4. The first-order valence-electron chi connectivity index (χ1n) is 9.24. The number of carbonyl (C=O) groups is 1. The number of rotatable bonds is 4. The number of nitrogens with zero attached hydrogens (tertiary/aromatic N) is 1. The molecule has 0 aliphatic carbocycles. The first-order chi connectivity index (χ1) is 12.4. The normalized spacial score (nSPS) is 16.3. The first kappa shape index (κ1) is 18.3. The van der Waals surface area contributed by atoms with Gasteiger partial charge in [-0.15, -0.1) is 0 Å². The van der Waals surface area contributed by atoms with Gasteiger partial charge in [-0.1, -0.05) is 51.1 Å². The second kappa shape index (κ2) is 7.40. The van der Waals surface area contributed by atoms with Crippen LogP contribution in [-0.4, -0.2) is 25.2 Å². The van der Waals surface area contributed by atoms with E-state index in [1.54, 1.807) is 0 Å². The Balaban J connectivity index is 1.49. The average molecular weight is 352 g/mol. The third-order valence-corrected chi connectivity index (χ3v) is 4.79. The summed E-state index contributed by atoms with van der Waals surface area (Å²) in [5.74, 6) is 0.826. The molecular formula is C22H28N2O2. The molecule has 0 bridgehead atoms. The van der Waals surface area contributed by atoms with Gasteiger partial charge in [0.05, 0.1) is 6.54 Å². The highest BCUT2D eigenvalue weighted by molar-refractivity contribution is 5.94. The fraction of sp³-hybridized carbons (Fsp3) is 0.409. The molecule has 0 aromatic heterocycles. The zero-order valence-corrected chi connectivity index (χ0v) is 16.1. The summed E-state index contributed by atoms with van der Waals surface area (Å²) in [6.45, 7) is 9.57. The number of ether oxygens (including phenoxy) is 1. The van der Waals surface area contributed by atoms with Crippen molar-refractivity contribution in [2.24, 2.45) is 0 Å². The predicted octanol–water partition coefficient (Wildman–Crippen LogP) is 4.52. The molecule has 1 atom stereocenters. The maximum atomic E-state index is 12.5. The van der Waals surface area contributed by atoms with Crippen molar-refractivity contribution < 1.29 is 9.53 Å². The molecule has 1 N–H and O–H groups in total. The van der Waals surface area contributed by atoms with Gasteiger partial charge in [-0.2, -0.15) is 0 Å². The zero-order valence-electron chi connectivity index (χ0n) is 16.1. The number of para-hydroxylation sites is 1. The Bertz CT molecular complexity index is 762.